The van der Waals surface area contributed by atoms with Crippen LogP contribution in [0.5, 0.6) is 0 Å². The smallest absolute Gasteiger partial charge is 0.0855 e. The first kappa shape index (κ1) is 20.4. The van der Waals surface area contributed by atoms with Gasteiger partial charge in [0.25, 0.3) is 0 Å². The van der Waals surface area contributed by atoms with Gasteiger partial charge in [-0.2, -0.15) is 0 Å². The molecule has 27 heavy (non-hydrogen) atoms. The van der Waals surface area contributed by atoms with Crippen LogP contribution in [-0.4, -0.2) is 19.8 Å². The van der Waals surface area contributed by atoms with Crippen LogP contribution in [0.3, 0.4) is 0 Å². The Morgan fingerprint density at radius 2 is 1.67 bits per heavy atom. The van der Waals surface area contributed by atoms with E-state index in [1.165, 1.54) is 95.0 Å². The maximum atomic E-state index is 4.35. The van der Waals surface area contributed by atoms with Crippen LogP contribution in [-0.2, 0) is 0 Å². The highest BCUT2D eigenvalue weighted by atomic mass is 15.1. The standard InChI is InChI=1S/C25H40N2/c1-4-21-11-13-23(14-12-21)19-27(17-16-22-8-6-5-7-9-22)25-18-20(2)10-15-24(25)26-3/h10,15,18,21-23H,3-9,11-14,16-17,19H2,1-2H3. The molecule has 0 atom stereocenters. The molecule has 0 radical (unpaired) electrons. The fourth-order valence-electron chi connectivity index (χ4n) is 5.28. The van der Waals surface area contributed by atoms with Gasteiger partial charge in [0, 0.05) is 13.1 Å². The summed E-state index contributed by atoms with van der Waals surface area (Å²) in [6, 6.07) is 6.65. The summed E-state index contributed by atoms with van der Waals surface area (Å²) in [5.74, 6) is 2.75. The number of hydrogen-bond donors (Lipinski definition) is 0. The summed E-state index contributed by atoms with van der Waals surface area (Å²) < 4.78 is 0. The van der Waals surface area contributed by atoms with Gasteiger partial charge in [0.15, 0.2) is 0 Å². The van der Waals surface area contributed by atoms with E-state index >= 15 is 0 Å². The molecule has 1 aromatic carbocycles. The molecule has 1 aromatic rings. The average molecular weight is 369 g/mol. The fraction of sp³-hybridized carbons (Fsp3) is 0.720. The molecular formula is C25H40N2. The fourth-order valence-corrected chi connectivity index (χ4v) is 5.28. The van der Waals surface area contributed by atoms with Crippen LogP contribution in [0.1, 0.15) is 83.1 Å². The SMILES string of the molecule is C=Nc1ccc(C)cc1N(CCC1CCCCC1)CC1CCC(CC)CC1. The highest BCUT2D eigenvalue weighted by Crippen LogP contribution is 2.36. The van der Waals surface area contributed by atoms with E-state index in [1.807, 2.05) is 0 Å². The van der Waals surface area contributed by atoms with E-state index in [1.54, 1.807) is 0 Å². The molecule has 0 aliphatic heterocycles. The Kier molecular flexibility index (Phi) is 7.79. The van der Waals surface area contributed by atoms with E-state index in [0.29, 0.717) is 0 Å². The number of nitrogens with zero attached hydrogens (tertiary/aromatic N) is 2. The number of benzene rings is 1. The summed E-state index contributed by atoms with van der Waals surface area (Å²) in [5, 5.41) is 0. The maximum absolute atomic E-state index is 4.35. The Morgan fingerprint density at radius 1 is 0.963 bits per heavy atom. The van der Waals surface area contributed by atoms with Gasteiger partial charge in [0.2, 0.25) is 0 Å². The van der Waals surface area contributed by atoms with Gasteiger partial charge in [-0.25, -0.2) is 0 Å². The van der Waals surface area contributed by atoms with E-state index < -0.39 is 0 Å². The van der Waals surface area contributed by atoms with Crippen LogP contribution in [0, 0.1) is 24.7 Å². The lowest BCUT2D eigenvalue weighted by molar-refractivity contribution is 0.268. The lowest BCUT2D eigenvalue weighted by Crippen LogP contribution is -2.33. The van der Waals surface area contributed by atoms with Crippen molar-refractivity contribution in [1.29, 1.82) is 0 Å². The summed E-state index contributed by atoms with van der Waals surface area (Å²) in [6.07, 6.45) is 15.6. The second-order valence-corrected chi connectivity index (χ2v) is 9.18. The van der Waals surface area contributed by atoms with Crippen molar-refractivity contribution in [3.63, 3.8) is 0 Å². The van der Waals surface area contributed by atoms with Crippen molar-refractivity contribution < 1.29 is 0 Å². The van der Waals surface area contributed by atoms with Crippen molar-refractivity contribution in [2.75, 3.05) is 18.0 Å². The minimum Gasteiger partial charge on any atom is -0.369 e. The molecule has 0 unspecified atom stereocenters. The van der Waals surface area contributed by atoms with Crippen LogP contribution < -0.4 is 4.90 Å². The maximum Gasteiger partial charge on any atom is 0.0855 e. The molecule has 0 spiro atoms. The first-order valence-electron chi connectivity index (χ1n) is 11.5. The first-order valence-corrected chi connectivity index (χ1v) is 11.5. The minimum absolute atomic E-state index is 0.845. The minimum atomic E-state index is 0.845. The van der Waals surface area contributed by atoms with Gasteiger partial charge in [-0.1, -0.05) is 64.4 Å². The number of rotatable bonds is 8. The summed E-state index contributed by atoms with van der Waals surface area (Å²) in [5.41, 5.74) is 3.71. The van der Waals surface area contributed by atoms with Crippen LogP contribution in [0.2, 0.25) is 0 Å². The van der Waals surface area contributed by atoms with E-state index in [-0.39, 0.29) is 0 Å². The van der Waals surface area contributed by atoms with Gasteiger partial charge >= 0.3 is 0 Å². The molecule has 0 saturated heterocycles. The van der Waals surface area contributed by atoms with Gasteiger partial charge < -0.3 is 4.90 Å². The summed E-state index contributed by atoms with van der Waals surface area (Å²) in [4.78, 5) is 7.02. The number of hydrogen-bond acceptors (Lipinski definition) is 2. The number of anilines is 1. The van der Waals surface area contributed by atoms with Crippen molar-refractivity contribution >= 4 is 18.1 Å². The second-order valence-electron chi connectivity index (χ2n) is 9.18. The Labute approximate surface area is 167 Å². The molecule has 2 fully saturated rings. The monoisotopic (exact) mass is 368 g/mol. The molecule has 2 saturated carbocycles. The third kappa shape index (κ3) is 5.83. The van der Waals surface area contributed by atoms with E-state index in [0.717, 1.165) is 23.4 Å². The lowest BCUT2D eigenvalue weighted by atomic mass is 9.80. The summed E-state index contributed by atoms with van der Waals surface area (Å²) >= 11 is 0. The quantitative estimate of drug-likeness (QED) is 0.439. The van der Waals surface area contributed by atoms with Crippen molar-refractivity contribution in [2.24, 2.45) is 22.7 Å². The Morgan fingerprint density at radius 3 is 2.33 bits per heavy atom. The van der Waals surface area contributed by atoms with Gasteiger partial charge in [-0.05, 0) is 68.4 Å². The third-order valence-corrected chi connectivity index (χ3v) is 7.20. The summed E-state index contributed by atoms with van der Waals surface area (Å²) in [7, 11) is 0. The summed E-state index contributed by atoms with van der Waals surface area (Å²) in [6.45, 7) is 10.8. The molecule has 3 rings (SSSR count). The predicted octanol–water partition coefficient (Wildman–Crippen LogP) is 7.32. The molecule has 0 N–H and O–H groups in total. The molecule has 2 heteroatoms. The molecule has 0 aromatic heterocycles. The topological polar surface area (TPSA) is 15.6 Å². The van der Waals surface area contributed by atoms with E-state index in [2.05, 4.69) is 48.7 Å². The zero-order valence-electron chi connectivity index (χ0n) is 17.8. The zero-order chi connectivity index (χ0) is 19.1. The molecule has 150 valence electrons. The van der Waals surface area contributed by atoms with Crippen molar-refractivity contribution in [3.8, 4) is 0 Å². The van der Waals surface area contributed by atoms with Gasteiger partial charge in [-0.15, -0.1) is 0 Å². The average Bonchev–Trinajstić information content (AvgIpc) is 2.72. The van der Waals surface area contributed by atoms with Crippen molar-refractivity contribution in [3.05, 3.63) is 23.8 Å². The zero-order valence-corrected chi connectivity index (χ0v) is 17.8. The van der Waals surface area contributed by atoms with Crippen molar-refractivity contribution in [2.45, 2.75) is 84.5 Å². The van der Waals surface area contributed by atoms with E-state index in [9.17, 15) is 0 Å². The van der Waals surface area contributed by atoms with Gasteiger partial charge in [-0.3, -0.25) is 4.99 Å². The Hall–Kier alpha value is -1.31. The second kappa shape index (κ2) is 10.3. The van der Waals surface area contributed by atoms with Crippen molar-refractivity contribution in [1.82, 2.24) is 0 Å². The van der Waals surface area contributed by atoms with Crippen LogP contribution >= 0.6 is 0 Å². The third-order valence-electron chi connectivity index (χ3n) is 7.20. The normalized spacial score (nSPS) is 23.9. The largest absolute Gasteiger partial charge is 0.369 e. The molecule has 2 nitrogen and oxygen atoms in total. The molecule has 0 amide bonds. The highest BCUT2D eigenvalue weighted by Gasteiger charge is 2.24. The Bertz CT molecular complexity index is 580. The molecule has 0 heterocycles. The highest BCUT2D eigenvalue weighted by molar-refractivity contribution is 5.70. The predicted molar refractivity (Wildman–Crippen MR) is 120 cm³/mol. The molecule has 0 bridgehead atoms. The van der Waals surface area contributed by atoms with Gasteiger partial charge in [0.05, 0.1) is 11.4 Å². The van der Waals surface area contributed by atoms with Crippen LogP contribution in [0.25, 0.3) is 0 Å². The first-order chi connectivity index (χ1) is 13.2. The van der Waals surface area contributed by atoms with Gasteiger partial charge in [0.1, 0.15) is 0 Å². The molecule has 2 aliphatic rings. The molecular weight excluding hydrogens is 328 g/mol. The van der Waals surface area contributed by atoms with Crippen LogP contribution in [0.4, 0.5) is 11.4 Å². The van der Waals surface area contributed by atoms with Crippen LogP contribution in [0.15, 0.2) is 23.2 Å². The van der Waals surface area contributed by atoms with E-state index in [4.69, 9.17) is 0 Å². The lowest BCUT2D eigenvalue weighted by Gasteiger charge is -2.35. The molecule has 2 aliphatic carbocycles. The number of aryl methyl sites for hydroxylation is 1. The Balaban J connectivity index is 1.70. The number of aliphatic imine (C=N–C) groups is 1.